The van der Waals surface area contributed by atoms with Crippen molar-refractivity contribution in [1.29, 1.82) is 0 Å². The molecule has 0 unspecified atom stereocenters. The quantitative estimate of drug-likeness (QED) is 0.396. The van der Waals surface area contributed by atoms with Gasteiger partial charge >= 0.3 is 18.9 Å². The molecule has 0 fully saturated rings. The van der Waals surface area contributed by atoms with Gasteiger partial charge in [-0.2, -0.15) is 6.42 Å². The minimum Gasteiger partial charge on any atom is -0.340 e. The van der Waals surface area contributed by atoms with Gasteiger partial charge in [-0.25, -0.2) is 0 Å². The smallest absolute Gasteiger partial charge is 0.340 e. The maximum Gasteiger partial charge on any atom is 1.00 e. The van der Waals surface area contributed by atoms with Crippen LogP contribution in [-0.2, 0) is 0 Å². The summed E-state index contributed by atoms with van der Waals surface area (Å²) < 4.78 is 0. The molecule has 0 saturated heterocycles. The van der Waals surface area contributed by atoms with E-state index in [1.807, 2.05) is 18.2 Å². The van der Waals surface area contributed by atoms with Crippen LogP contribution in [0.15, 0.2) is 36.4 Å². The van der Waals surface area contributed by atoms with Gasteiger partial charge in [0.2, 0.25) is 0 Å². The summed E-state index contributed by atoms with van der Waals surface area (Å²) >= 11 is 0. The van der Waals surface area contributed by atoms with Gasteiger partial charge in [0, 0.05) is 0 Å². The van der Waals surface area contributed by atoms with Crippen LogP contribution in [0.4, 0.5) is 0 Å². The molecule has 52 valence electrons. The second kappa shape index (κ2) is 6.28. The summed E-state index contributed by atoms with van der Waals surface area (Å²) in [6.07, 6.45) is 4.98. The summed E-state index contributed by atoms with van der Waals surface area (Å²) in [5.41, 5.74) is 1.24. The minimum absolute atomic E-state index is 0. The van der Waals surface area contributed by atoms with Crippen molar-refractivity contribution < 1.29 is 18.9 Å². The second-order valence-corrected chi connectivity index (χ2v) is 2.10. The monoisotopic (exact) mass is 138 g/mol. The molecule has 0 aliphatic heterocycles. The first-order chi connectivity index (χ1) is 4.93. The molecule has 0 saturated carbocycles. The minimum atomic E-state index is 0. The molecule has 0 amide bonds. The Labute approximate surface area is 80.5 Å². The van der Waals surface area contributed by atoms with E-state index in [9.17, 15) is 0 Å². The van der Waals surface area contributed by atoms with Crippen molar-refractivity contribution in [3.05, 3.63) is 48.9 Å². The van der Waals surface area contributed by atoms with E-state index in [0.717, 1.165) is 6.42 Å². The fourth-order valence-electron chi connectivity index (χ4n) is 0.784. The molecule has 0 radical (unpaired) electrons. The summed E-state index contributed by atoms with van der Waals surface area (Å²) in [5.74, 6) is 0. The Morgan fingerprint density at radius 2 is 1.82 bits per heavy atom. The van der Waals surface area contributed by atoms with Gasteiger partial charge in [-0.1, -0.05) is 36.4 Å². The van der Waals surface area contributed by atoms with Crippen molar-refractivity contribution in [2.75, 3.05) is 0 Å². The Morgan fingerprint density at radius 3 is 2.36 bits per heavy atom. The predicted octanol–water partition coefficient (Wildman–Crippen LogP) is -0.0720. The van der Waals surface area contributed by atoms with E-state index in [0.29, 0.717) is 0 Å². The van der Waals surface area contributed by atoms with Crippen molar-refractivity contribution in [2.24, 2.45) is 0 Å². The topological polar surface area (TPSA) is 0 Å². The maximum absolute atomic E-state index is 3.71. The third-order valence-corrected chi connectivity index (χ3v) is 1.28. The van der Waals surface area contributed by atoms with Gasteiger partial charge in [0.1, 0.15) is 0 Å². The predicted molar refractivity (Wildman–Crippen MR) is 45.5 cm³/mol. The summed E-state index contributed by atoms with van der Waals surface area (Å²) in [5, 5.41) is 0. The Hall–Kier alpha value is -0.443. The van der Waals surface area contributed by atoms with Crippen molar-refractivity contribution in [1.82, 2.24) is 0 Å². The number of hydrogen-bond donors (Lipinski definition) is 0. The Balaban J connectivity index is 0.000001000. The molecule has 1 heteroatoms. The zero-order chi connectivity index (χ0) is 7.23. The first kappa shape index (κ1) is 10.6. The number of benzene rings is 1. The second-order valence-electron chi connectivity index (χ2n) is 2.10. The molecule has 0 bridgehead atoms. The van der Waals surface area contributed by atoms with Gasteiger partial charge in [-0.05, 0) is 5.56 Å². The van der Waals surface area contributed by atoms with Crippen molar-refractivity contribution in [3.63, 3.8) is 0 Å². The molecule has 0 heterocycles. The summed E-state index contributed by atoms with van der Waals surface area (Å²) in [6, 6.07) is 10.2. The third kappa shape index (κ3) is 4.09. The van der Waals surface area contributed by atoms with E-state index in [2.05, 4.69) is 31.2 Å². The van der Waals surface area contributed by atoms with E-state index in [1.54, 1.807) is 0 Å². The molecule has 0 aliphatic carbocycles. The van der Waals surface area contributed by atoms with E-state index < -0.39 is 0 Å². The summed E-state index contributed by atoms with van der Waals surface area (Å²) in [7, 11) is 0. The van der Waals surface area contributed by atoms with Crippen LogP contribution in [-0.4, -0.2) is 0 Å². The van der Waals surface area contributed by atoms with Gasteiger partial charge in [-0.15, -0.1) is 6.08 Å². The van der Waals surface area contributed by atoms with E-state index in [1.165, 1.54) is 5.56 Å². The van der Waals surface area contributed by atoms with Gasteiger partial charge in [0.25, 0.3) is 0 Å². The van der Waals surface area contributed by atoms with Crippen LogP contribution < -0.4 is 18.9 Å². The van der Waals surface area contributed by atoms with Crippen LogP contribution >= 0.6 is 0 Å². The summed E-state index contributed by atoms with van der Waals surface area (Å²) in [6.45, 7) is 3.71. The molecular weight excluding hydrogens is 127 g/mol. The molecule has 0 spiro atoms. The van der Waals surface area contributed by atoms with E-state index in [-0.39, 0.29) is 18.9 Å². The zero-order valence-corrected chi connectivity index (χ0v) is 6.96. The number of allylic oxidation sites excluding steroid dienone is 1. The molecule has 1 rings (SSSR count). The van der Waals surface area contributed by atoms with Crippen LogP contribution in [0.2, 0.25) is 0 Å². The van der Waals surface area contributed by atoms with Crippen LogP contribution in [0.5, 0.6) is 0 Å². The van der Waals surface area contributed by atoms with Gasteiger partial charge < -0.3 is 6.92 Å². The molecule has 0 aliphatic rings. The Morgan fingerprint density at radius 1 is 1.18 bits per heavy atom. The largest absolute Gasteiger partial charge is 1.00 e. The van der Waals surface area contributed by atoms with E-state index in [4.69, 9.17) is 0 Å². The first-order valence-electron chi connectivity index (χ1n) is 3.44. The number of hydrogen-bond acceptors (Lipinski definition) is 0. The standard InChI is InChI=1S/C10H11.Li/c1-2-3-7-10-8-5-4-6-9-10;/h3-9H,1-2H2;/q-1;+1/b7-3+;. The van der Waals surface area contributed by atoms with Crippen LogP contribution in [0.1, 0.15) is 12.0 Å². The number of rotatable bonds is 2. The van der Waals surface area contributed by atoms with Crippen LogP contribution in [0.3, 0.4) is 0 Å². The van der Waals surface area contributed by atoms with E-state index >= 15 is 0 Å². The molecule has 0 N–H and O–H groups in total. The molecule has 0 aromatic heterocycles. The molecular formula is C10H11Li. The first-order valence-corrected chi connectivity index (χ1v) is 3.44. The Kier molecular flexibility index (Phi) is 6.03. The van der Waals surface area contributed by atoms with Crippen molar-refractivity contribution >= 4 is 6.08 Å². The third-order valence-electron chi connectivity index (χ3n) is 1.28. The van der Waals surface area contributed by atoms with Gasteiger partial charge in [0.15, 0.2) is 0 Å². The molecule has 0 atom stereocenters. The Bertz CT molecular complexity index is 201. The fraction of sp³-hybridized carbons (Fsp3) is 0.100. The molecule has 1 aromatic carbocycles. The average Bonchev–Trinajstić information content (AvgIpc) is 2.03. The average molecular weight is 138 g/mol. The van der Waals surface area contributed by atoms with Crippen LogP contribution in [0.25, 0.3) is 6.08 Å². The molecule has 11 heavy (non-hydrogen) atoms. The van der Waals surface area contributed by atoms with Crippen molar-refractivity contribution in [3.8, 4) is 0 Å². The zero-order valence-electron chi connectivity index (χ0n) is 6.96. The van der Waals surface area contributed by atoms with Gasteiger partial charge in [0.05, 0.1) is 0 Å². The maximum atomic E-state index is 3.71. The van der Waals surface area contributed by atoms with Crippen molar-refractivity contribution in [2.45, 2.75) is 6.42 Å². The molecule has 0 nitrogen and oxygen atoms in total. The fourth-order valence-corrected chi connectivity index (χ4v) is 0.784. The van der Waals surface area contributed by atoms with Crippen LogP contribution in [0, 0.1) is 6.92 Å². The molecule has 1 aromatic rings. The summed E-state index contributed by atoms with van der Waals surface area (Å²) in [4.78, 5) is 0. The van der Waals surface area contributed by atoms with Gasteiger partial charge in [-0.3, -0.25) is 0 Å². The SMILES string of the molecule is [CH2-]C/C=C/c1ccccc1.[Li+]. The normalized spacial score (nSPS) is 9.55.